The predicted molar refractivity (Wildman–Crippen MR) is 189 cm³/mol. The Morgan fingerprint density at radius 1 is 0.489 bits per heavy atom. The molecule has 0 heterocycles. The summed E-state index contributed by atoms with van der Waals surface area (Å²) in [5.41, 5.74) is -0.0655. The van der Waals surface area contributed by atoms with Crippen molar-refractivity contribution in [3.63, 3.8) is 0 Å². The topological polar surface area (TPSA) is 0 Å². The fraction of sp³-hybridized carbons (Fsp3) is 0.0488. The molecule has 0 fully saturated rings. The van der Waals surface area contributed by atoms with Crippen molar-refractivity contribution in [2.24, 2.45) is 0 Å². The molecule has 0 aliphatic heterocycles. The van der Waals surface area contributed by atoms with E-state index >= 15 is 0 Å². The predicted octanol–water partition coefficient (Wildman–Crippen LogP) is 10.5. The second-order valence-electron chi connectivity index (χ2n) is 12.2. The van der Waals surface area contributed by atoms with Crippen molar-refractivity contribution in [1.82, 2.24) is 0 Å². The molecule has 0 nitrogen and oxygen atoms in total. The highest BCUT2D eigenvalue weighted by Crippen LogP contribution is 2.50. The molecule has 0 aliphatic rings. The Morgan fingerprint density at radius 2 is 0.889 bits per heavy atom. The molecule has 0 N–H and O–H groups in total. The summed E-state index contributed by atoms with van der Waals surface area (Å²) in [6, 6.07) is 42.8. The van der Waals surface area contributed by atoms with Gasteiger partial charge in [-0.1, -0.05) is 122 Å². The van der Waals surface area contributed by atoms with Crippen molar-refractivity contribution in [2.75, 3.05) is 0 Å². The van der Waals surface area contributed by atoms with Gasteiger partial charge in [-0.25, -0.2) is 0 Å². The van der Waals surface area contributed by atoms with Crippen molar-refractivity contribution in [3.8, 4) is 0 Å². The summed E-state index contributed by atoms with van der Waals surface area (Å²) in [7, 11) is 0. The second kappa shape index (κ2) is 9.10. The van der Waals surface area contributed by atoms with E-state index in [-0.39, 0.29) is 0 Å². The number of halogens is 3. The first-order valence-corrected chi connectivity index (χ1v) is 17.0. The lowest BCUT2D eigenvalue weighted by Gasteiger charge is -2.31. The number of aryl methyl sites for hydroxylation is 1. The molecule has 0 saturated carbocycles. The van der Waals surface area contributed by atoms with Crippen LogP contribution < -0.4 is 15.9 Å². The SMILES string of the molecule is C=P(c1cc(C)cc(C(F)(F)F)c1)(c1ccc2ccc3cccc4ccc1c2c34)c1ccc2ccc3cccc4ccc1c2c34. The molecular weight excluding hydrogens is 580 g/mol. The van der Waals surface area contributed by atoms with Gasteiger partial charge in [-0.2, -0.15) is 13.2 Å². The molecule has 0 bridgehead atoms. The van der Waals surface area contributed by atoms with Gasteiger partial charge in [-0.3, -0.25) is 0 Å². The van der Waals surface area contributed by atoms with Crippen molar-refractivity contribution >= 4 is 93.7 Å². The summed E-state index contributed by atoms with van der Waals surface area (Å²) in [6.07, 6.45) is 0.578. The largest absolute Gasteiger partial charge is 0.416 e. The third-order valence-corrected chi connectivity index (χ3v) is 13.2. The van der Waals surface area contributed by atoms with E-state index in [4.69, 9.17) is 6.30 Å². The van der Waals surface area contributed by atoms with Gasteiger partial charge in [0.25, 0.3) is 0 Å². The quantitative estimate of drug-likeness (QED) is 0.139. The van der Waals surface area contributed by atoms with Crippen LogP contribution in [-0.4, -0.2) is 6.30 Å². The summed E-state index contributed by atoms with van der Waals surface area (Å²) in [4.78, 5) is 0. The smallest absolute Gasteiger partial charge is 0.166 e. The number of rotatable bonds is 3. The van der Waals surface area contributed by atoms with Crippen LogP contribution >= 0.6 is 6.89 Å². The van der Waals surface area contributed by atoms with Gasteiger partial charge in [-0.15, -0.1) is 0 Å². The molecule has 9 rings (SSSR count). The molecule has 45 heavy (non-hydrogen) atoms. The Morgan fingerprint density at radius 3 is 1.33 bits per heavy atom. The van der Waals surface area contributed by atoms with Crippen molar-refractivity contribution in [3.05, 3.63) is 139 Å². The van der Waals surface area contributed by atoms with Crippen LogP contribution in [0.5, 0.6) is 0 Å². The Labute approximate surface area is 258 Å². The summed E-state index contributed by atoms with van der Waals surface area (Å²) in [6.45, 7) is -1.17. The summed E-state index contributed by atoms with van der Waals surface area (Å²) >= 11 is 0. The number of alkyl halides is 3. The summed E-state index contributed by atoms with van der Waals surface area (Å²) in [5.74, 6) is 0. The lowest BCUT2D eigenvalue weighted by molar-refractivity contribution is -0.137. The molecule has 0 unspecified atom stereocenters. The van der Waals surface area contributed by atoms with E-state index in [0.29, 0.717) is 10.9 Å². The van der Waals surface area contributed by atoms with Gasteiger partial charge in [-0.05, 0) is 112 Å². The zero-order valence-electron chi connectivity index (χ0n) is 24.4. The Kier molecular flexibility index (Phi) is 5.36. The fourth-order valence-electron chi connectivity index (χ4n) is 7.66. The van der Waals surface area contributed by atoms with Crippen molar-refractivity contribution < 1.29 is 13.2 Å². The van der Waals surface area contributed by atoms with Gasteiger partial charge in [0, 0.05) is 0 Å². The van der Waals surface area contributed by atoms with Gasteiger partial charge in [0.1, 0.15) is 0 Å². The van der Waals surface area contributed by atoms with Gasteiger partial charge in [0.05, 0.1) is 5.56 Å². The van der Waals surface area contributed by atoms with Crippen LogP contribution in [0.1, 0.15) is 11.1 Å². The first kappa shape index (κ1) is 26.5. The normalized spacial score (nSPS) is 13.0. The number of benzene rings is 9. The first-order valence-electron chi connectivity index (χ1n) is 15.0. The Balaban J connectivity index is 1.47. The van der Waals surface area contributed by atoms with Crippen LogP contribution in [0.3, 0.4) is 0 Å². The lowest BCUT2D eigenvalue weighted by Crippen LogP contribution is -2.28. The van der Waals surface area contributed by atoms with Crippen LogP contribution in [0.2, 0.25) is 0 Å². The molecule has 4 heteroatoms. The van der Waals surface area contributed by atoms with Gasteiger partial charge in [0.15, 0.2) is 0 Å². The summed E-state index contributed by atoms with van der Waals surface area (Å²) < 4.78 is 43.1. The average molecular weight is 607 g/mol. The van der Waals surface area contributed by atoms with E-state index in [2.05, 4.69) is 109 Å². The van der Waals surface area contributed by atoms with Crippen molar-refractivity contribution in [2.45, 2.75) is 13.1 Å². The van der Waals surface area contributed by atoms with Crippen LogP contribution in [0, 0.1) is 6.92 Å². The average Bonchev–Trinajstić information content (AvgIpc) is 3.05. The van der Waals surface area contributed by atoms with Crippen LogP contribution in [0.15, 0.2) is 127 Å². The van der Waals surface area contributed by atoms with Gasteiger partial charge in [0.2, 0.25) is 0 Å². The minimum Gasteiger partial charge on any atom is -0.166 e. The minimum absolute atomic E-state index is 0.572. The zero-order chi connectivity index (χ0) is 30.7. The standard InChI is InChI=1S/C41H26F3P/c1-24-21-31(41(42,43)44)23-32(22-24)45(2,35-19-15-29-11-9-25-5-3-7-27-13-17-33(35)39(29)37(25)27)36-20-16-30-12-10-26-6-4-8-28-14-18-34(36)40(30)38(26)28/h3-23H,2H2,1H3. The molecular formula is C41H26F3P. The molecule has 0 atom stereocenters. The van der Waals surface area contributed by atoms with Gasteiger partial charge >= 0.3 is 6.18 Å². The second-order valence-corrected chi connectivity index (χ2v) is 15.3. The van der Waals surface area contributed by atoms with Crippen LogP contribution in [0.4, 0.5) is 13.2 Å². The maximum atomic E-state index is 14.4. The molecule has 0 amide bonds. The molecule has 9 aromatic rings. The van der Waals surface area contributed by atoms with E-state index in [9.17, 15) is 13.2 Å². The monoisotopic (exact) mass is 606 g/mol. The Bertz CT molecular complexity index is 2500. The molecule has 0 aromatic heterocycles. The molecule has 216 valence electrons. The maximum Gasteiger partial charge on any atom is 0.416 e. The number of hydrogen-bond donors (Lipinski definition) is 0. The van der Waals surface area contributed by atoms with Crippen LogP contribution in [0.25, 0.3) is 64.6 Å². The molecule has 0 aliphatic carbocycles. The summed E-state index contributed by atoms with van der Waals surface area (Å²) in [5, 5.41) is 16.1. The highest BCUT2D eigenvalue weighted by molar-refractivity contribution is 7.94. The number of hydrogen-bond acceptors (Lipinski definition) is 0. The molecule has 9 aromatic carbocycles. The molecule has 0 saturated heterocycles. The van der Waals surface area contributed by atoms with E-state index in [1.165, 1.54) is 22.9 Å². The third-order valence-electron chi connectivity index (χ3n) is 9.66. The van der Waals surface area contributed by atoms with E-state index in [0.717, 1.165) is 64.5 Å². The maximum absolute atomic E-state index is 14.4. The van der Waals surface area contributed by atoms with Crippen molar-refractivity contribution in [1.29, 1.82) is 0 Å². The van der Waals surface area contributed by atoms with Gasteiger partial charge < -0.3 is 0 Å². The minimum atomic E-state index is -4.48. The molecule has 0 spiro atoms. The highest BCUT2D eigenvalue weighted by atomic mass is 31.2. The molecule has 0 radical (unpaired) electrons. The third kappa shape index (κ3) is 3.68. The highest BCUT2D eigenvalue weighted by Gasteiger charge is 2.34. The lowest BCUT2D eigenvalue weighted by atomic mass is 9.94. The fourth-order valence-corrected chi connectivity index (χ4v) is 11.1. The van der Waals surface area contributed by atoms with E-state index in [1.54, 1.807) is 6.92 Å². The van der Waals surface area contributed by atoms with Crippen LogP contribution in [-0.2, 0) is 6.18 Å². The van der Waals surface area contributed by atoms with E-state index in [1.807, 2.05) is 6.07 Å². The van der Waals surface area contributed by atoms with E-state index < -0.39 is 18.6 Å². The zero-order valence-corrected chi connectivity index (χ0v) is 25.3. The first-order chi connectivity index (χ1) is 21.7. The Hall–Kier alpha value is -4.85.